The highest BCUT2D eigenvalue weighted by molar-refractivity contribution is 5.97. The van der Waals surface area contributed by atoms with Gasteiger partial charge in [0.1, 0.15) is 0 Å². The van der Waals surface area contributed by atoms with E-state index in [1.807, 2.05) is 0 Å². The third-order valence-electron chi connectivity index (χ3n) is 2.07. The molecule has 2 N–H and O–H groups in total. The molecule has 0 aromatic rings. The molecule has 2 heterocycles. The van der Waals surface area contributed by atoms with E-state index in [0.29, 0.717) is 13.0 Å². The Morgan fingerprint density at radius 1 is 1.50 bits per heavy atom. The average molecular weight is 170 g/mol. The number of nitrogens with one attached hydrogen (secondary N) is 2. The Labute approximate surface area is 69.5 Å². The fourth-order valence-electron chi connectivity index (χ4n) is 1.28. The fraction of sp³-hybridized carbons (Fsp3) is 0.714. The summed E-state index contributed by atoms with van der Waals surface area (Å²) < 4.78 is 4.99. The molecule has 0 aromatic carbocycles. The van der Waals surface area contributed by atoms with Crippen LogP contribution in [0, 0.1) is 5.92 Å². The lowest BCUT2D eigenvalue weighted by Gasteiger charge is -2.20. The molecule has 66 valence electrons. The van der Waals surface area contributed by atoms with Gasteiger partial charge in [-0.1, -0.05) is 0 Å². The molecule has 0 spiro atoms. The molecule has 3 amide bonds. The molecule has 2 aliphatic heterocycles. The number of hydrogen-bond acceptors (Lipinski definition) is 3. The number of carbonyl (C=O) groups excluding carboxylic acids is 2. The van der Waals surface area contributed by atoms with Crippen molar-refractivity contribution < 1.29 is 14.3 Å². The van der Waals surface area contributed by atoms with Gasteiger partial charge in [-0.3, -0.25) is 10.1 Å². The molecule has 2 rings (SSSR count). The number of imide groups is 1. The van der Waals surface area contributed by atoms with E-state index in [9.17, 15) is 9.59 Å². The van der Waals surface area contributed by atoms with Gasteiger partial charge in [0, 0.05) is 6.54 Å². The van der Waals surface area contributed by atoms with Gasteiger partial charge >= 0.3 is 6.03 Å². The standard InChI is InChI=1S/C7H10N2O3/c10-6-4(1-5-3-12-5)2-8-7(11)9-6/h4-5H,1-3H2,(H2,8,9,10,11). The van der Waals surface area contributed by atoms with Gasteiger partial charge in [0.25, 0.3) is 0 Å². The van der Waals surface area contributed by atoms with E-state index in [1.54, 1.807) is 0 Å². The SMILES string of the molecule is O=C1NCC(CC2CO2)C(=O)N1. The molecule has 0 radical (unpaired) electrons. The van der Waals surface area contributed by atoms with Gasteiger partial charge in [-0.25, -0.2) is 4.79 Å². The smallest absolute Gasteiger partial charge is 0.321 e. The molecule has 0 bridgehead atoms. The minimum absolute atomic E-state index is 0.116. The van der Waals surface area contributed by atoms with Crippen LogP contribution in [0.25, 0.3) is 0 Å². The lowest BCUT2D eigenvalue weighted by Crippen LogP contribution is -2.52. The summed E-state index contributed by atoms with van der Waals surface area (Å²) in [7, 11) is 0. The van der Waals surface area contributed by atoms with E-state index >= 15 is 0 Å². The van der Waals surface area contributed by atoms with Crippen LogP contribution in [0.2, 0.25) is 0 Å². The molecule has 5 heteroatoms. The summed E-state index contributed by atoms with van der Waals surface area (Å²) in [4.78, 5) is 21.8. The molecule has 0 aliphatic carbocycles. The Hall–Kier alpha value is -1.10. The lowest BCUT2D eigenvalue weighted by molar-refractivity contribution is -0.124. The van der Waals surface area contributed by atoms with Crippen LogP contribution >= 0.6 is 0 Å². The van der Waals surface area contributed by atoms with Crippen molar-refractivity contribution in [3.05, 3.63) is 0 Å². The second-order valence-electron chi connectivity index (χ2n) is 3.09. The zero-order valence-electron chi connectivity index (χ0n) is 6.50. The van der Waals surface area contributed by atoms with Crippen molar-refractivity contribution in [2.45, 2.75) is 12.5 Å². The number of urea groups is 1. The summed E-state index contributed by atoms with van der Waals surface area (Å²) in [6.07, 6.45) is 0.947. The van der Waals surface area contributed by atoms with Gasteiger partial charge in [-0.15, -0.1) is 0 Å². The van der Waals surface area contributed by atoms with E-state index < -0.39 is 6.03 Å². The largest absolute Gasteiger partial charge is 0.373 e. The van der Waals surface area contributed by atoms with Crippen molar-refractivity contribution >= 4 is 11.9 Å². The normalized spacial score (nSPS) is 34.0. The Bertz CT molecular complexity index is 225. The minimum atomic E-state index is -0.395. The third-order valence-corrected chi connectivity index (χ3v) is 2.07. The van der Waals surface area contributed by atoms with Crippen LogP contribution in [0.15, 0.2) is 0 Å². The van der Waals surface area contributed by atoms with Crippen LogP contribution in [0.3, 0.4) is 0 Å². The summed E-state index contributed by atoms with van der Waals surface area (Å²) in [5, 5.41) is 4.79. The number of amides is 3. The maximum atomic E-state index is 11.1. The highest BCUT2D eigenvalue weighted by atomic mass is 16.6. The van der Waals surface area contributed by atoms with Gasteiger partial charge in [0.2, 0.25) is 5.91 Å². The first-order chi connectivity index (χ1) is 5.75. The quantitative estimate of drug-likeness (QED) is 0.535. The molecule has 2 fully saturated rings. The van der Waals surface area contributed by atoms with Crippen LogP contribution in [0.5, 0.6) is 0 Å². The van der Waals surface area contributed by atoms with Crippen LogP contribution in [-0.2, 0) is 9.53 Å². The summed E-state index contributed by atoms with van der Waals surface area (Å²) in [5.41, 5.74) is 0. The van der Waals surface area contributed by atoms with Crippen molar-refractivity contribution in [1.29, 1.82) is 0 Å². The Morgan fingerprint density at radius 3 is 2.83 bits per heavy atom. The van der Waals surface area contributed by atoms with Crippen molar-refractivity contribution in [3.63, 3.8) is 0 Å². The second-order valence-corrected chi connectivity index (χ2v) is 3.09. The number of epoxide rings is 1. The van der Waals surface area contributed by atoms with Crippen LogP contribution in [0.1, 0.15) is 6.42 Å². The first-order valence-electron chi connectivity index (χ1n) is 3.96. The second kappa shape index (κ2) is 2.75. The lowest BCUT2D eigenvalue weighted by atomic mass is 10.0. The Morgan fingerprint density at radius 2 is 2.25 bits per heavy atom. The topological polar surface area (TPSA) is 70.7 Å². The Balaban J connectivity index is 1.88. The molecule has 5 nitrogen and oxygen atoms in total. The highest BCUT2D eigenvalue weighted by Crippen LogP contribution is 2.20. The van der Waals surface area contributed by atoms with Crippen molar-refractivity contribution in [2.75, 3.05) is 13.2 Å². The predicted octanol–water partition coefficient (Wildman–Crippen LogP) is -0.769. The fourth-order valence-corrected chi connectivity index (χ4v) is 1.28. The maximum absolute atomic E-state index is 11.1. The number of hydrogen-bond donors (Lipinski definition) is 2. The van der Waals surface area contributed by atoms with Gasteiger partial charge in [-0.05, 0) is 6.42 Å². The average Bonchev–Trinajstić information content (AvgIpc) is 2.79. The molecule has 2 unspecified atom stereocenters. The zero-order chi connectivity index (χ0) is 8.55. The molecule has 2 aliphatic rings. The van der Waals surface area contributed by atoms with Gasteiger partial charge in [0.15, 0.2) is 0 Å². The number of rotatable bonds is 2. The first kappa shape index (κ1) is 7.54. The van der Waals surface area contributed by atoms with Crippen LogP contribution in [0.4, 0.5) is 4.79 Å². The molecule has 2 atom stereocenters. The highest BCUT2D eigenvalue weighted by Gasteiger charge is 2.33. The van der Waals surface area contributed by atoms with Crippen molar-refractivity contribution in [1.82, 2.24) is 10.6 Å². The van der Waals surface area contributed by atoms with Gasteiger partial charge < -0.3 is 10.1 Å². The van der Waals surface area contributed by atoms with Crippen molar-refractivity contribution in [2.24, 2.45) is 5.92 Å². The number of carbonyl (C=O) groups is 2. The summed E-state index contributed by atoms with van der Waals surface area (Å²) >= 11 is 0. The van der Waals surface area contributed by atoms with Crippen molar-refractivity contribution in [3.8, 4) is 0 Å². The predicted molar refractivity (Wildman–Crippen MR) is 39.4 cm³/mol. The van der Waals surface area contributed by atoms with Crippen LogP contribution in [-0.4, -0.2) is 31.2 Å². The summed E-state index contributed by atoms with van der Waals surface area (Å²) in [6, 6.07) is -0.395. The van der Waals surface area contributed by atoms with E-state index in [-0.39, 0.29) is 17.9 Å². The first-order valence-corrected chi connectivity index (χ1v) is 3.96. The summed E-state index contributed by atoms with van der Waals surface area (Å²) in [6.45, 7) is 1.18. The molecule has 0 saturated carbocycles. The van der Waals surface area contributed by atoms with Gasteiger partial charge in [0.05, 0.1) is 18.6 Å². The monoisotopic (exact) mass is 170 g/mol. The minimum Gasteiger partial charge on any atom is -0.373 e. The number of ether oxygens (including phenoxy) is 1. The van der Waals surface area contributed by atoms with Crippen LogP contribution < -0.4 is 10.6 Å². The third kappa shape index (κ3) is 1.55. The molecule has 2 saturated heterocycles. The van der Waals surface area contributed by atoms with Gasteiger partial charge in [-0.2, -0.15) is 0 Å². The maximum Gasteiger partial charge on any atom is 0.321 e. The van der Waals surface area contributed by atoms with E-state index in [4.69, 9.17) is 4.74 Å². The van der Waals surface area contributed by atoms with E-state index in [2.05, 4.69) is 10.6 Å². The zero-order valence-corrected chi connectivity index (χ0v) is 6.50. The molecular formula is C7H10N2O3. The Kier molecular flexibility index (Phi) is 1.73. The molecule has 12 heavy (non-hydrogen) atoms. The molecule has 0 aromatic heterocycles. The summed E-state index contributed by atoms with van der Waals surface area (Å²) in [5.74, 6) is -0.301. The van der Waals surface area contributed by atoms with E-state index in [1.165, 1.54) is 0 Å². The molecular weight excluding hydrogens is 160 g/mol. The van der Waals surface area contributed by atoms with E-state index in [0.717, 1.165) is 6.61 Å².